The molecule has 1 fully saturated rings. The smallest absolute Gasteiger partial charge is 0.102 e. The maximum absolute atomic E-state index is 9.44. The highest BCUT2D eigenvalue weighted by Gasteiger charge is 2.23. The molecule has 1 saturated heterocycles. The fraction of sp³-hybridized carbons (Fsp3) is 0.562. The summed E-state index contributed by atoms with van der Waals surface area (Å²) in [7, 11) is 2.18. The first-order valence-corrected chi connectivity index (χ1v) is 8.27. The summed E-state index contributed by atoms with van der Waals surface area (Å²) in [5.41, 5.74) is 1.79. The maximum Gasteiger partial charge on any atom is 0.102 e. The van der Waals surface area contributed by atoms with E-state index in [2.05, 4.69) is 37.2 Å². The van der Waals surface area contributed by atoms with Crippen LogP contribution >= 0.6 is 11.8 Å². The molecule has 0 bridgehead atoms. The molecule has 108 valence electrons. The van der Waals surface area contributed by atoms with E-state index in [1.165, 1.54) is 0 Å². The van der Waals surface area contributed by atoms with E-state index >= 15 is 0 Å². The Hall–Kier alpha value is -1.18. The number of piperidine rings is 1. The molecular weight excluding hydrogens is 266 g/mol. The lowest BCUT2D eigenvalue weighted by atomic mass is 9.98. The lowest BCUT2D eigenvalue weighted by Crippen LogP contribution is -2.42. The van der Waals surface area contributed by atoms with Crippen LogP contribution in [0.4, 0.5) is 5.69 Å². The van der Waals surface area contributed by atoms with Crippen molar-refractivity contribution in [2.45, 2.75) is 43.7 Å². The van der Waals surface area contributed by atoms with Crippen LogP contribution in [0.2, 0.25) is 0 Å². The molecule has 0 amide bonds. The van der Waals surface area contributed by atoms with Crippen molar-refractivity contribution in [1.29, 1.82) is 5.26 Å². The van der Waals surface area contributed by atoms with Gasteiger partial charge >= 0.3 is 0 Å². The number of rotatable bonds is 4. The number of hydrogen-bond donors (Lipinski definition) is 1. The summed E-state index contributed by atoms with van der Waals surface area (Å²) in [4.78, 5) is 3.48. The Morgan fingerprint density at radius 2 is 2.30 bits per heavy atom. The highest BCUT2D eigenvalue weighted by Crippen LogP contribution is 2.29. The van der Waals surface area contributed by atoms with Gasteiger partial charge in [-0.15, -0.1) is 11.8 Å². The fourth-order valence-electron chi connectivity index (χ4n) is 2.68. The van der Waals surface area contributed by atoms with Crippen LogP contribution in [0.3, 0.4) is 0 Å². The molecule has 0 spiro atoms. The normalized spacial score (nSPS) is 23.3. The van der Waals surface area contributed by atoms with Gasteiger partial charge in [-0.1, -0.05) is 13.0 Å². The lowest BCUT2D eigenvalue weighted by molar-refractivity contribution is 0.190. The molecule has 1 aromatic carbocycles. The van der Waals surface area contributed by atoms with E-state index < -0.39 is 0 Å². The van der Waals surface area contributed by atoms with Crippen LogP contribution in [0.25, 0.3) is 0 Å². The van der Waals surface area contributed by atoms with Crippen molar-refractivity contribution in [3.8, 4) is 6.07 Å². The summed E-state index contributed by atoms with van der Waals surface area (Å²) in [5.74, 6) is 0.989. The Kier molecular flexibility index (Phi) is 5.33. The third-order valence-corrected chi connectivity index (χ3v) is 4.95. The third-order valence-electron chi connectivity index (χ3n) is 4.01. The van der Waals surface area contributed by atoms with Crippen LogP contribution in [-0.2, 0) is 0 Å². The molecule has 2 atom stereocenters. The topological polar surface area (TPSA) is 39.1 Å². The number of hydrogen-bond acceptors (Lipinski definition) is 4. The summed E-state index contributed by atoms with van der Waals surface area (Å²) in [6.45, 7) is 5.50. The van der Waals surface area contributed by atoms with Crippen molar-refractivity contribution >= 4 is 17.4 Å². The summed E-state index contributed by atoms with van der Waals surface area (Å²) in [6.07, 6.45) is 2.27. The molecule has 0 aromatic heterocycles. The van der Waals surface area contributed by atoms with Crippen LogP contribution < -0.4 is 5.32 Å². The molecule has 1 aliphatic rings. The maximum atomic E-state index is 9.44. The molecule has 1 heterocycles. The monoisotopic (exact) mass is 289 g/mol. The molecule has 3 nitrogen and oxygen atoms in total. The minimum Gasteiger partial charge on any atom is -0.381 e. The number of likely N-dealkylation sites (tertiary alicyclic amines) is 1. The number of anilines is 1. The van der Waals surface area contributed by atoms with Crippen LogP contribution in [0, 0.1) is 11.3 Å². The standard InChI is InChI=1S/C16H23N3S/c1-4-20-16-7-5-6-15(14(16)11-17)18-13-8-9-19(3)12(2)10-13/h5-7,12-13,18H,4,8-10H2,1-3H3. The second-order valence-corrected chi connectivity index (χ2v) is 6.72. The van der Waals surface area contributed by atoms with Gasteiger partial charge in [0.05, 0.1) is 11.3 Å². The van der Waals surface area contributed by atoms with Gasteiger partial charge in [0.1, 0.15) is 6.07 Å². The molecular formula is C16H23N3S. The van der Waals surface area contributed by atoms with E-state index in [0.29, 0.717) is 12.1 Å². The van der Waals surface area contributed by atoms with Crippen LogP contribution in [0.15, 0.2) is 23.1 Å². The van der Waals surface area contributed by atoms with Crippen LogP contribution in [-0.4, -0.2) is 36.3 Å². The first-order chi connectivity index (χ1) is 9.65. The molecule has 20 heavy (non-hydrogen) atoms. The first kappa shape index (κ1) is 15.2. The molecule has 1 aromatic rings. The highest BCUT2D eigenvalue weighted by atomic mass is 32.2. The van der Waals surface area contributed by atoms with Crippen LogP contribution in [0.1, 0.15) is 32.3 Å². The second kappa shape index (κ2) is 7.01. The summed E-state index contributed by atoms with van der Waals surface area (Å²) in [6, 6.07) is 9.54. The zero-order chi connectivity index (χ0) is 14.5. The Balaban J connectivity index is 2.13. The van der Waals surface area contributed by atoms with Gasteiger partial charge in [-0.3, -0.25) is 0 Å². The SMILES string of the molecule is CCSc1cccc(NC2CCN(C)C(C)C2)c1C#N. The number of thioether (sulfide) groups is 1. The molecule has 0 saturated carbocycles. The second-order valence-electron chi connectivity index (χ2n) is 5.42. The number of nitrogens with zero attached hydrogens (tertiary/aromatic N) is 2. The van der Waals surface area contributed by atoms with E-state index in [-0.39, 0.29) is 0 Å². The van der Waals surface area contributed by atoms with Gasteiger partial charge in [0.15, 0.2) is 0 Å². The number of nitrogens with one attached hydrogen (secondary N) is 1. The van der Waals surface area contributed by atoms with Crippen LogP contribution in [0.5, 0.6) is 0 Å². The zero-order valence-corrected chi connectivity index (χ0v) is 13.3. The fourth-order valence-corrected chi connectivity index (χ4v) is 3.47. The van der Waals surface area contributed by atoms with Crippen molar-refractivity contribution in [3.05, 3.63) is 23.8 Å². The van der Waals surface area contributed by atoms with Crippen molar-refractivity contribution < 1.29 is 0 Å². The van der Waals surface area contributed by atoms with Gasteiger partial charge in [0.2, 0.25) is 0 Å². The zero-order valence-electron chi connectivity index (χ0n) is 12.5. The van der Waals surface area contributed by atoms with Crippen molar-refractivity contribution in [1.82, 2.24) is 4.90 Å². The van der Waals surface area contributed by atoms with E-state index in [1.54, 1.807) is 11.8 Å². The summed E-state index contributed by atoms with van der Waals surface area (Å²) < 4.78 is 0. The van der Waals surface area contributed by atoms with E-state index in [9.17, 15) is 5.26 Å². The summed E-state index contributed by atoms with van der Waals surface area (Å²) in [5, 5.41) is 13.0. The van der Waals surface area contributed by atoms with Gasteiger partial charge < -0.3 is 10.2 Å². The Morgan fingerprint density at radius 1 is 1.50 bits per heavy atom. The first-order valence-electron chi connectivity index (χ1n) is 7.28. The third kappa shape index (κ3) is 3.47. The van der Waals surface area contributed by atoms with Crippen molar-refractivity contribution in [2.24, 2.45) is 0 Å². The lowest BCUT2D eigenvalue weighted by Gasteiger charge is -2.36. The summed E-state index contributed by atoms with van der Waals surface area (Å²) >= 11 is 1.73. The number of nitriles is 1. The van der Waals surface area contributed by atoms with E-state index in [1.807, 2.05) is 18.2 Å². The molecule has 0 aliphatic carbocycles. The predicted octanol–water partition coefficient (Wildman–Crippen LogP) is 3.56. The van der Waals surface area contributed by atoms with Gasteiger partial charge in [-0.05, 0) is 44.7 Å². The predicted molar refractivity (Wildman–Crippen MR) is 86.3 cm³/mol. The average molecular weight is 289 g/mol. The van der Waals surface area contributed by atoms with Crippen molar-refractivity contribution in [2.75, 3.05) is 24.7 Å². The molecule has 1 aliphatic heterocycles. The van der Waals surface area contributed by atoms with Gasteiger partial charge in [-0.2, -0.15) is 5.26 Å². The molecule has 2 unspecified atom stereocenters. The number of benzene rings is 1. The quantitative estimate of drug-likeness (QED) is 0.860. The molecule has 2 rings (SSSR count). The van der Waals surface area contributed by atoms with Crippen molar-refractivity contribution in [3.63, 3.8) is 0 Å². The molecule has 0 radical (unpaired) electrons. The average Bonchev–Trinajstić information content (AvgIpc) is 2.44. The Labute approximate surface area is 126 Å². The van der Waals surface area contributed by atoms with E-state index in [4.69, 9.17) is 0 Å². The van der Waals surface area contributed by atoms with Gasteiger partial charge in [0, 0.05) is 23.5 Å². The van der Waals surface area contributed by atoms with Gasteiger partial charge in [-0.25, -0.2) is 0 Å². The minimum atomic E-state index is 0.468. The molecule has 4 heteroatoms. The van der Waals surface area contributed by atoms with E-state index in [0.717, 1.165) is 41.3 Å². The minimum absolute atomic E-state index is 0.468. The van der Waals surface area contributed by atoms with Gasteiger partial charge in [0.25, 0.3) is 0 Å². The highest BCUT2D eigenvalue weighted by molar-refractivity contribution is 7.99. The molecule has 1 N–H and O–H groups in total. The Morgan fingerprint density at radius 3 is 2.95 bits per heavy atom. The largest absolute Gasteiger partial charge is 0.381 e. The Bertz CT molecular complexity index is 495.